The number of hydrogen-bond donors (Lipinski definition) is 0. The minimum Gasteiger partial charge on any atom is -0.310 e. The minimum absolute atomic E-state index is 0.661. The van der Waals surface area contributed by atoms with Gasteiger partial charge in [-0.25, -0.2) is 0 Å². The van der Waals surface area contributed by atoms with Crippen LogP contribution in [0.25, 0.3) is 65.3 Å². The van der Waals surface area contributed by atoms with Gasteiger partial charge in [0.05, 0.1) is 0 Å². The molecule has 0 saturated heterocycles. The van der Waals surface area contributed by atoms with E-state index in [9.17, 15) is 0 Å². The second kappa shape index (κ2) is 18.2. The molecule has 2 saturated carbocycles. The van der Waals surface area contributed by atoms with Gasteiger partial charge in [-0.1, -0.05) is 171 Å². The van der Waals surface area contributed by atoms with Gasteiger partial charge in [0.15, 0.2) is 0 Å². The summed E-state index contributed by atoms with van der Waals surface area (Å²) in [6.07, 6.45) is 10.5. The third-order valence-electron chi connectivity index (χ3n) is 15.7. The Hall–Kier alpha value is -7.94. The van der Waals surface area contributed by atoms with Gasteiger partial charge in [-0.2, -0.15) is 0 Å². The third kappa shape index (κ3) is 7.78. The molecule has 2 aliphatic rings. The van der Waals surface area contributed by atoms with Crippen LogP contribution in [0.3, 0.4) is 0 Å². The van der Waals surface area contributed by atoms with Gasteiger partial charge in [-0.3, -0.25) is 0 Å². The minimum atomic E-state index is 0.661. The van der Waals surface area contributed by atoms with Crippen LogP contribution in [-0.2, 0) is 0 Å². The highest BCUT2D eigenvalue weighted by molar-refractivity contribution is 6.23. The van der Waals surface area contributed by atoms with Crippen LogP contribution in [0.4, 0.5) is 34.1 Å². The first-order chi connectivity index (χ1) is 34.7. The molecule has 0 amide bonds. The lowest BCUT2D eigenvalue weighted by Crippen LogP contribution is -2.10. The molecule has 2 aliphatic carbocycles. The molecule has 0 N–H and O–H groups in total. The number of hydrogen-bond acceptors (Lipinski definition) is 2. The molecule has 2 nitrogen and oxygen atoms in total. The zero-order chi connectivity index (χ0) is 46.4. The fourth-order valence-corrected chi connectivity index (χ4v) is 12.2. The van der Waals surface area contributed by atoms with Crippen molar-refractivity contribution in [3.63, 3.8) is 0 Å². The van der Waals surface area contributed by atoms with Crippen molar-refractivity contribution in [2.75, 3.05) is 9.80 Å². The number of fused-ring (bicyclic) bond motifs is 4. The average molecular weight is 901 g/mol. The fraction of sp³-hybridized carbons (Fsp3) is 0.147. The van der Waals surface area contributed by atoms with Crippen molar-refractivity contribution in [1.82, 2.24) is 0 Å². The van der Waals surface area contributed by atoms with Gasteiger partial charge in [0.25, 0.3) is 0 Å². The first-order valence-corrected chi connectivity index (χ1v) is 25.6. The Balaban J connectivity index is 1.08. The highest BCUT2D eigenvalue weighted by Gasteiger charge is 2.24. The lowest BCUT2D eigenvalue weighted by Gasteiger charge is -2.28. The van der Waals surface area contributed by atoms with Crippen LogP contribution in [0.2, 0.25) is 0 Å². The van der Waals surface area contributed by atoms with E-state index in [1.165, 1.54) is 128 Å². The van der Waals surface area contributed by atoms with Crippen LogP contribution in [0, 0.1) is 0 Å². The number of nitrogens with zero attached hydrogens (tertiary/aromatic N) is 2. The zero-order valence-electron chi connectivity index (χ0n) is 39.6. The standard InChI is InChI=1S/C68H56N2/c1-3-23-57(24-4-1)69(59-35-31-51(32-36-59)47-15-7-8-16-47)61-39-41-63-65(45-61)67(55-29-27-49-19-11-13-21-53(49)43-55)64-42-40-62(46-66(64)68(63)56-30-28-50-20-12-14-22-54(50)44-56)70(58-25-5-2-6-26-58)60-37-33-52(34-38-60)48-17-9-10-18-48/h1-6,11-14,19-48H,7-10,15-18H2. The van der Waals surface area contributed by atoms with Crippen molar-refractivity contribution < 1.29 is 0 Å². The zero-order valence-corrected chi connectivity index (χ0v) is 39.6. The molecule has 2 fully saturated rings. The number of para-hydroxylation sites is 2. The molecule has 11 aromatic rings. The molecular weight excluding hydrogens is 845 g/mol. The summed E-state index contributed by atoms with van der Waals surface area (Å²) in [6, 6.07) is 86.8. The number of rotatable bonds is 10. The Bertz CT molecular complexity index is 3410. The normalized spacial score (nSPS) is 14.3. The van der Waals surface area contributed by atoms with E-state index in [2.05, 4.69) is 240 Å². The third-order valence-corrected chi connectivity index (χ3v) is 15.7. The van der Waals surface area contributed by atoms with E-state index in [0.29, 0.717) is 11.8 Å². The first-order valence-electron chi connectivity index (χ1n) is 25.6. The molecule has 70 heavy (non-hydrogen) atoms. The monoisotopic (exact) mass is 900 g/mol. The van der Waals surface area contributed by atoms with E-state index >= 15 is 0 Å². The van der Waals surface area contributed by atoms with Crippen LogP contribution in [0.5, 0.6) is 0 Å². The molecule has 2 heteroatoms. The fourth-order valence-electron chi connectivity index (χ4n) is 12.2. The maximum absolute atomic E-state index is 2.47. The molecule has 13 rings (SSSR count). The summed E-state index contributed by atoms with van der Waals surface area (Å²) in [6.45, 7) is 0. The Kier molecular flexibility index (Phi) is 11.0. The Labute approximate surface area is 412 Å². The van der Waals surface area contributed by atoms with Crippen molar-refractivity contribution in [3.05, 3.63) is 242 Å². The number of anilines is 6. The van der Waals surface area contributed by atoms with Gasteiger partial charge < -0.3 is 9.80 Å². The molecule has 0 unspecified atom stereocenters. The summed E-state index contributed by atoms with van der Waals surface area (Å²) in [7, 11) is 0. The quantitative estimate of drug-likeness (QED) is 0.126. The van der Waals surface area contributed by atoms with E-state index < -0.39 is 0 Å². The van der Waals surface area contributed by atoms with Crippen LogP contribution >= 0.6 is 0 Å². The van der Waals surface area contributed by atoms with Crippen molar-refractivity contribution in [3.8, 4) is 22.3 Å². The van der Waals surface area contributed by atoms with Crippen LogP contribution in [-0.4, -0.2) is 0 Å². The Morgan fingerprint density at radius 1 is 0.257 bits per heavy atom. The predicted molar refractivity (Wildman–Crippen MR) is 299 cm³/mol. The van der Waals surface area contributed by atoms with E-state index in [0.717, 1.165) is 34.1 Å². The van der Waals surface area contributed by atoms with Crippen LogP contribution < -0.4 is 9.80 Å². The van der Waals surface area contributed by atoms with E-state index in [4.69, 9.17) is 0 Å². The second-order valence-electron chi connectivity index (χ2n) is 19.8. The van der Waals surface area contributed by atoms with Gasteiger partial charge >= 0.3 is 0 Å². The lowest BCUT2D eigenvalue weighted by molar-refractivity contribution is 0.723. The summed E-state index contributed by atoms with van der Waals surface area (Å²) >= 11 is 0. The van der Waals surface area contributed by atoms with E-state index in [1.807, 2.05) is 0 Å². The van der Waals surface area contributed by atoms with Gasteiger partial charge in [0.2, 0.25) is 0 Å². The van der Waals surface area contributed by atoms with Crippen molar-refractivity contribution in [1.29, 1.82) is 0 Å². The molecule has 11 aromatic carbocycles. The van der Waals surface area contributed by atoms with Gasteiger partial charge in [-0.15, -0.1) is 0 Å². The lowest BCUT2D eigenvalue weighted by atomic mass is 9.84. The van der Waals surface area contributed by atoms with E-state index in [-0.39, 0.29) is 0 Å². The highest BCUT2D eigenvalue weighted by Crippen LogP contribution is 2.49. The van der Waals surface area contributed by atoms with Crippen molar-refractivity contribution in [2.24, 2.45) is 0 Å². The summed E-state index contributed by atoms with van der Waals surface area (Å²) in [4.78, 5) is 4.89. The summed E-state index contributed by atoms with van der Waals surface area (Å²) < 4.78 is 0. The maximum Gasteiger partial charge on any atom is 0.0468 e. The van der Waals surface area contributed by atoms with Crippen LogP contribution in [0.1, 0.15) is 74.3 Å². The van der Waals surface area contributed by atoms with Crippen molar-refractivity contribution >= 4 is 77.2 Å². The van der Waals surface area contributed by atoms with Gasteiger partial charge in [0.1, 0.15) is 0 Å². The smallest absolute Gasteiger partial charge is 0.0468 e. The highest BCUT2D eigenvalue weighted by atomic mass is 15.1. The summed E-state index contributed by atoms with van der Waals surface area (Å²) in [5.74, 6) is 1.32. The molecule has 0 heterocycles. The van der Waals surface area contributed by atoms with Gasteiger partial charge in [-0.05, 0) is 199 Å². The molecule has 0 radical (unpaired) electrons. The largest absolute Gasteiger partial charge is 0.310 e. The van der Waals surface area contributed by atoms with Crippen molar-refractivity contribution in [2.45, 2.75) is 63.2 Å². The molecule has 0 spiro atoms. The summed E-state index contributed by atoms with van der Waals surface area (Å²) in [5, 5.41) is 9.85. The average Bonchev–Trinajstić information content (AvgIpc) is 4.18. The summed E-state index contributed by atoms with van der Waals surface area (Å²) in [5.41, 5.74) is 14.7. The van der Waals surface area contributed by atoms with Crippen LogP contribution in [0.15, 0.2) is 231 Å². The molecule has 0 atom stereocenters. The Morgan fingerprint density at radius 2 is 0.600 bits per heavy atom. The Morgan fingerprint density at radius 3 is 1.00 bits per heavy atom. The predicted octanol–water partition coefficient (Wildman–Crippen LogP) is 19.9. The molecular formula is C68H56N2. The van der Waals surface area contributed by atoms with E-state index in [1.54, 1.807) is 0 Å². The number of benzene rings is 11. The molecule has 0 bridgehead atoms. The maximum atomic E-state index is 2.47. The van der Waals surface area contributed by atoms with Gasteiger partial charge in [0, 0.05) is 34.1 Å². The molecule has 0 aromatic heterocycles. The molecule has 338 valence electrons. The SMILES string of the molecule is c1ccc(N(c2ccc(C3CCCC3)cc2)c2ccc3c(-c4ccc5ccccc5c4)c4cc(N(c5ccccc5)c5ccc(C6CCCC6)cc5)ccc4c(-c4ccc5ccccc5c4)c3c2)cc1. The molecule has 0 aliphatic heterocycles. The second-order valence-corrected chi connectivity index (χ2v) is 19.8. The first kappa shape index (κ1) is 42.2. The topological polar surface area (TPSA) is 6.48 Å².